The van der Waals surface area contributed by atoms with Crippen molar-refractivity contribution in [2.24, 2.45) is 0 Å². The average Bonchev–Trinajstić information content (AvgIpc) is 3.05. The van der Waals surface area contributed by atoms with Gasteiger partial charge in [-0.3, -0.25) is 10.1 Å². The quantitative estimate of drug-likeness (QED) is 0.740. The van der Waals surface area contributed by atoms with Crippen LogP contribution in [0.5, 0.6) is 5.88 Å². The maximum absolute atomic E-state index is 11.8. The third kappa shape index (κ3) is 3.97. The van der Waals surface area contributed by atoms with Crippen LogP contribution in [0.3, 0.4) is 0 Å². The van der Waals surface area contributed by atoms with Crippen LogP contribution in [0, 0.1) is 6.92 Å². The Morgan fingerprint density at radius 2 is 1.96 bits per heavy atom. The number of hydrogen-bond acceptors (Lipinski definition) is 7. The lowest BCUT2D eigenvalue weighted by atomic mass is 10.0. The number of rotatable bonds is 5. The van der Waals surface area contributed by atoms with Gasteiger partial charge in [0.1, 0.15) is 11.2 Å². The third-order valence-electron chi connectivity index (χ3n) is 3.55. The highest BCUT2D eigenvalue weighted by atomic mass is 32.1. The molecule has 7 nitrogen and oxygen atoms in total. The molecule has 0 unspecified atom stereocenters. The second-order valence-corrected chi connectivity index (χ2v) is 6.29. The Hall–Kier alpha value is -3.00. The predicted molar refractivity (Wildman–Crippen MR) is 98.2 cm³/mol. The zero-order chi connectivity index (χ0) is 18.5. The molecule has 0 saturated heterocycles. The van der Waals surface area contributed by atoms with Crippen LogP contribution in [-0.4, -0.2) is 35.2 Å². The first-order valence-electron chi connectivity index (χ1n) is 7.97. The van der Waals surface area contributed by atoms with Crippen molar-refractivity contribution in [3.05, 3.63) is 41.5 Å². The maximum atomic E-state index is 11.8. The monoisotopic (exact) mass is 371 g/mol. The van der Waals surface area contributed by atoms with E-state index in [2.05, 4.69) is 20.0 Å². The van der Waals surface area contributed by atoms with Crippen molar-refractivity contribution < 1.29 is 19.1 Å². The van der Waals surface area contributed by atoms with E-state index in [-0.39, 0.29) is 13.2 Å². The number of alkyl carbamates (subject to hydrolysis) is 1. The Morgan fingerprint density at radius 1 is 1.19 bits per heavy atom. The van der Waals surface area contributed by atoms with Gasteiger partial charge in [-0.1, -0.05) is 29.8 Å². The summed E-state index contributed by atoms with van der Waals surface area (Å²) in [5.41, 5.74) is 3.11. The number of benzene rings is 1. The molecule has 2 heterocycles. The molecule has 0 spiro atoms. The smallest absolute Gasteiger partial charge is 0.413 e. The summed E-state index contributed by atoms with van der Waals surface area (Å²) in [7, 11) is 0. The molecule has 0 aliphatic rings. The minimum atomic E-state index is -0.801. The molecule has 0 atom stereocenters. The standard InChI is InChI=1S/C18H17N3O4S/c1-3-24-18(23)21-14(22)8-25-16-15-13(9-26-17(15)20-10-19-16)12-6-4-11(2)5-7-12/h4-7,9-10H,3,8H2,1-2H3,(H,21,22,23). The number of nitrogens with one attached hydrogen (secondary N) is 1. The molecule has 3 aromatic rings. The number of ether oxygens (including phenoxy) is 2. The molecule has 0 bridgehead atoms. The molecule has 0 radical (unpaired) electrons. The Kier molecular flexibility index (Phi) is 5.43. The lowest BCUT2D eigenvalue weighted by molar-refractivity contribution is -0.122. The SMILES string of the molecule is CCOC(=O)NC(=O)COc1ncnc2scc(-c3ccc(C)cc3)c12. The highest BCUT2D eigenvalue weighted by molar-refractivity contribution is 7.17. The van der Waals surface area contributed by atoms with Gasteiger partial charge >= 0.3 is 6.09 Å². The largest absolute Gasteiger partial charge is 0.467 e. The molecule has 0 aliphatic carbocycles. The number of thiophene rings is 1. The number of aromatic nitrogens is 2. The van der Waals surface area contributed by atoms with Gasteiger partial charge in [-0.05, 0) is 19.4 Å². The molecule has 0 fully saturated rings. The summed E-state index contributed by atoms with van der Waals surface area (Å²) in [5.74, 6) is -0.312. The topological polar surface area (TPSA) is 90.4 Å². The van der Waals surface area contributed by atoms with Crippen LogP contribution in [0.2, 0.25) is 0 Å². The number of aryl methyl sites for hydroxylation is 1. The van der Waals surface area contributed by atoms with E-state index in [0.717, 1.165) is 26.9 Å². The van der Waals surface area contributed by atoms with Gasteiger partial charge in [0.2, 0.25) is 5.88 Å². The lowest BCUT2D eigenvalue weighted by Gasteiger charge is -2.08. The van der Waals surface area contributed by atoms with E-state index >= 15 is 0 Å². The first kappa shape index (κ1) is 17.8. The second kappa shape index (κ2) is 7.92. The van der Waals surface area contributed by atoms with E-state index in [1.165, 1.54) is 17.7 Å². The summed E-state index contributed by atoms with van der Waals surface area (Å²) in [6.45, 7) is 3.51. The number of fused-ring (bicyclic) bond motifs is 1. The van der Waals surface area contributed by atoms with E-state index in [1.807, 2.05) is 36.6 Å². The molecule has 1 N–H and O–H groups in total. The first-order valence-corrected chi connectivity index (χ1v) is 8.85. The van der Waals surface area contributed by atoms with E-state index in [9.17, 15) is 9.59 Å². The van der Waals surface area contributed by atoms with E-state index < -0.39 is 12.0 Å². The summed E-state index contributed by atoms with van der Waals surface area (Å²) >= 11 is 1.47. The first-order chi connectivity index (χ1) is 12.6. The normalized spacial score (nSPS) is 10.5. The van der Waals surface area contributed by atoms with Crippen LogP contribution in [0.4, 0.5) is 4.79 Å². The minimum absolute atomic E-state index is 0.182. The highest BCUT2D eigenvalue weighted by Crippen LogP contribution is 2.37. The van der Waals surface area contributed by atoms with E-state index in [1.54, 1.807) is 6.92 Å². The fourth-order valence-corrected chi connectivity index (χ4v) is 3.26. The number of imide groups is 1. The number of nitrogens with zero attached hydrogens (tertiary/aromatic N) is 2. The van der Waals surface area contributed by atoms with Crippen molar-refractivity contribution in [2.75, 3.05) is 13.2 Å². The molecule has 2 amide bonds. The zero-order valence-electron chi connectivity index (χ0n) is 14.3. The maximum Gasteiger partial charge on any atom is 0.413 e. The van der Waals surface area contributed by atoms with Crippen molar-refractivity contribution in [3.63, 3.8) is 0 Å². The molecule has 1 aromatic carbocycles. The molecule has 2 aromatic heterocycles. The molecular formula is C18H17N3O4S. The summed E-state index contributed by atoms with van der Waals surface area (Å²) in [5, 5.41) is 4.80. The van der Waals surface area contributed by atoms with Gasteiger partial charge in [0.25, 0.3) is 5.91 Å². The Balaban J connectivity index is 1.83. The van der Waals surface area contributed by atoms with Crippen LogP contribution in [0.25, 0.3) is 21.3 Å². The molecular weight excluding hydrogens is 354 g/mol. The fraction of sp³-hybridized carbons (Fsp3) is 0.222. The van der Waals surface area contributed by atoms with Crippen molar-refractivity contribution in [3.8, 4) is 17.0 Å². The van der Waals surface area contributed by atoms with Gasteiger partial charge in [-0.2, -0.15) is 0 Å². The molecule has 0 saturated carbocycles. The third-order valence-corrected chi connectivity index (χ3v) is 4.44. The number of carbonyl (C=O) groups is 2. The van der Waals surface area contributed by atoms with Crippen LogP contribution >= 0.6 is 11.3 Å². The summed E-state index contributed by atoms with van der Waals surface area (Å²) in [6, 6.07) is 8.08. The number of carbonyl (C=O) groups excluding carboxylic acids is 2. The van der Waals surface area contributed by atoms with Crippen molar-refractivity contribution >= 4 is 33.6 Å². The molecule has 8 heteroatoms. The lowest BCUT2D eigenvalue weighted by Crippen LogP contribution is -2.34. The Labute approximate surface area is 154 Å². The number of hydrogen-bond donors (Lipinski definition) is 1. The summed E-state index contributed by atoms with van der Waals surface area (Å²) < 4.78 is 10.2. The van der Waals surface area contributed by atoms with Crippen molar-refractivity contribution in [2.45, 2.75) is 13.8 Å². The molecule has 0 aliphatic heterocycles. The molecule has 3 rings (SSSR count). The van der Waals surface area contributed by atoms with Gasteiger partial charge in [0, 0.05) is 10.9 Å². The van der Waals surface area contributed by atoms with Crippen molar-refractivity contribution in [1.82, 2.24) is 15.3 Å². The zero-order valence-corrected chi connectivity index (χ0v) is 15.1. The fourth-order valence-electron chi connectivity index (χ4n) is 2.35. The predicted octanol–water partition coefficient (Wildman–Crippen LogP) is 3.32. The Bertz CT molecular complexity index is 937. The summed E-state index contributed by atoms with van der Waals surface area (Å²) in [4.78, 5) is 32.2. The number of amides is 2. The van der Waals surface area contributed by atoms with Gasteiger partial charge < -0.3 is 9.47 Å². The second-order valence-electron chi connectivity index (χ2n) is 5.43. The molecule has 134 valence electrons. The minimum Gasteiger partial charge on any atom is -0.467 e. The highest BCUT2D eigenvalue weighted by Gasteiger charge is 2.16. The average molecular weight is 371 g/mol. The van der Waals surface area contributed by atoms with E-state index in [4.69, 9.17) is 4.74 Å². The van der Waals surface area contributed by atoms with Crippen LogP contribution in [-0.2, 0) is 9.53 Å². The summed E-state index contributed by atoms with van der Waals surface area (Å²) in [6.07, 6.45) is 0.584. The molecule has 26 heavy (non-hydrogen) atoms. The van der Waals surface area contributed by atoms with Gasteiger partial charge in [-0.15, -0.1) is 11.3 Å². The van der Waals surface area contributed by atoms with Crippen LogP contribution in [0.1, 0.15) is 12.5 Å². The van der Waals surface area contributed by atoms with Gasteiger partial charge in [0.05, 0.1) is 12.0 Å². The Morgan fingerprint density at radius 3 is 2.69 bits per heavy atom. The van der Waals surface area contributed by atoms with Crippen LogP contribution in [0.15, 0.2) is 36.0 Å². The van der Waals surface area contributed by atoms with Gasteiger partial charge in [-0.25, -0.2) is 14.8 Å². The van der Waals surface area contributed by atoms with Crippen LogP contribution < -0.4 is 10.1 Å². The van der Waals surface area contributed by atoms with Crippen molar-refractivity contribution in [1.29, 1.82) is 0 Å². The van der Waals surface area contributed by atoms with Gasteiger partial charge in [0.15, 0.2) is 6.61 Å². The van der Waals surface area contributed by atoms with E-state index in [0.29, 0.717) is 5.88 Å².